The van der Waals surface area contributed by atoms with Crippen LogP contribution in [0.5, 0.6) is 0 Å². The third-order valence-corrected chi connectivity index (χ3v) is 6.57. The van der Waals surface area contributed by atoms with E-state index in [1.807, 2.05) is 24.9 Å². The molecule has 4 rings (SSSR count). The summed E-state index contributed by atoms with van der Waals surface area (Å²) in [6.45, 7) is 4.64. The lowest BCUT2D eigenvalue weighted by molar-refractivity contribution is 0.370. The molecule has 27 heavy (non-hydrogen) atoms. The fraction of sp³-hybridized carbons (Fsp3) is 0.450. The maximum atomic E-state index is 4.52. The van der Waals surface area contributed by atoms with Crippen molar-refractivity contribution in [3.8, 4) is 0 Å². The summed E-state index contributed by atoms with van der Waals surface area (Å²) >= 11 is 1.99. The number of nitrogens with one attached hydrogen (secondary N) is 1. The van der Waals surface area contributed by atoms with Crippen LogP contribution in [0.4, 0.5) is 5.95 Å². The summed E-state index contributed by atoms with van der Waals surface area (Å²) in [5, 5.41) is 3.62. The highest BCUT2D eigenvalue weighted by atomic mass is 32.2. The molecule has 0 amide bonds. The number of benzene rings is 1. The molecule has 142 valence electrons. The molecule has 0 atom stereocenters. The van der Waals surface area contributed by atoms with Crippen LogP contribution in [0.15, 0.2) is 58.7 Å². The van der Waals surface area contributed by atoms with Gasteiger partial charge in [0.15, 0.2) is 5.96 Å². The van der Waals surface area contributed by atoms with Crippen molar-refractivity contribution in [2.24, 2.45) is 4.99 Å². The van der Waals surface area contributed by atoms with Crippen LogP contribution < -0.4 is 10.2 Å². The Labute approximate surface area is 165 Å². The molecule has 6 nitrogen and oxygen atoms in total. The summed E-state index contributed by atoms with van der Waals surface area (Å²) in [4.78, 5) is 19.2. The Morgan fingerprint density at radius 2 is 1.78 bits per heavy atom. The predicted molar refractivity (Wildman–Crippen MR) is 111 cm³/mol. The van der Waals surface area contributed by atoms with E-state index < -0.39 is 0 Å². The van der Waals surface area contributed by atoms with Crippen LogP contribution in [0.25, 0.3) is 0 Å². The second-order valence-corrected chi connectivity index (χ2v) is 8.56. The Bertz CT molecular complexity index is 755. The predicted octanol–water partition coefficient (Wildman–Crippen LogP) is 2.50. The largest absolute Gasteiger partial charge is 0.355 e. The summed E-state index contributed by atoms with van der Waals surface area (Å²) in [7, 11) is 1.87. The molecule has 1 aliphatic heterocycles. The molecule has 0 unspecified atom stereocenters. The number of nitrogens with zero attached hydrogens (tertiary/aromatic N) is 5. The number of rotatable bonds is 5. The Balaban J connectivity index is 1.29. The number of hydrogen-bond donors (Lipinski definition) is 1. The molecule has 1 aliphatic carbocycles. The fourth-order valence-electron chi connectivity index (χ4n) is 3.34. The van der Waals surface area contributed by atoms with Gasteiger partial charge in [-0.3, -0.25) is 4.99 Å². The van der Waals surface area contributed by atoms with Crippen molar-refractivity contribution in [2.45, 2.75) is 22.5 Å². The minimum Gasteiger partial charge on any atom is -0.355 e. The van der Waals surface area contributed by atoms with Crippen LogP contribution in [0.1, 0.15) is 12.8 Å². The Hall–Kier alpha value is -2.28. The molecule has 0 spiro atoms. The second-order valence-electron chi connectivity index (χ2n) is 7.02. The lowest BCUT2D eigenvalue weighted by Gasteiger charge is -2.36. The molecule has 2 aliphatic rings. The summed E-state index contributed by atoms with van der Waals surface area (Å²) in [6, 6.07) is 12.5. The monoisotopic (exact) mass is 382 g/mol. The van der Waals surface area contributed by atoms with E-state index in [2.05, 4.69) is 60.4 Å². The van der Waals surface area contributed by atoms with Crippen molar-refractivity contribution in [1.82, 2.24) is 20.2 Å². The number of hydrogen-bond acceptors (Lipinski definition) is 5. The van der Waals surface area contributed by atoms with Crippen molar-refractivity contribution in [1.29, 1.82) is 0 Å². The van der Waals surface area contributed by atoms with Gasteiger partial charge in [-0.15, -0.1) is 11.8 Å². The highest BCUT2D eigenvalue weighted by Crippen LogP contribution is 2.51. The van der Waals surface area contributed by atoms with Crippen molar-refractivity contribution in [3.05, 3.63) is 48.8 Å². The van der Waals surface area contributed by atoms with E-state index in [1.54, 1.807) is 12.4 Å². The zero-order valence-electron chi connectivity index (χ0n) is 15.7. The first-order valence-electron chi connectivity index (χ1n) is 9.50. The quantitative estimate of drug-likeness (QED) is 0.633. The van der Waals surface area contributed by atoms with E-state index in [9.17, 15) is 0 Å². The Morgan fingerprint density at radius 1 is 1.07 bits per heavy atom. The standard InChI is InChI=1S/C20H26N6S/c1-21-18(24-16-20(8-9-20)27-17-6-3-2-4-7-17)25-12-14-26(15-13-25)19-22-10-5-11-23-19/h2-7,10-11H,8-9,12-16H2,1H3,(H,21,24). The fourth-order valence-corrected chi connectivity index (χ4v) is 4.58. The average molecular weight is 383 g/mol. The SMILES string of the molecule is CN=C(NCC1(Sc2ccccc2)CC1)N1CCN(c2ncccn2)CC1. The first kappa shape index (κ1) is 18.1. The smallest absolute Gasteiger partial charge is 0.225 e. The maximum Gasteiger partial charge on any atom is 0.225 e. The van der Waals surface area contributed by atoms with E-state index in [4.69, 9.17) is 0 Å². The van der Waals surface area contributed by atoms with Crippen LogP contribution in [-0.2, 0) is 0 Å². The van der Waals surface area contributed by atoms with Gasteiger partial charge < -0.3 is 15.1 Å². The number of anilines is 1. The molecule has 2 aromatic rings. The topological polar surface area (TPSA) is 56.7 Å². The van der Waals surface area contributed by atoms with Crippen LogP contribution in [-0.4, -0.2) is 65.3 Å². The zero-order valence-corrected chi connectivity index (χ0v) is 16.5. The van der Waals surface area contributed by atoms with Crippen molar-refractivity contribution >= 4 is 23.7 Å². The molecule has 2 heterocycles. The van der Waals surface area contributed by atoms with Gasteiger partial charge in [0, 0.05) is 61.8 Å². The molecular formula is C20H26N6S. The molecule has 1 aromatic heterocycles. The second kappa shape index (κ2) is 8.17. The molecular weight excluding hydrogens is 356 g/mol. The molecule has 1 aromatic carbocycles. The average Bonchev–Trinajstić information content (AvgIpc) is 3.50. The number of aromatic nitrogens is 2. The van der Waals surface area contributed by atoms with Crippen LogP contribution >= 0.6 is 11.8 Å². The van der Waals surface area contributed by atoms with Gasteiger partial charge in [-0.05, 0) is 31.0 Å². The van der Waals surface area contributed by atoms with E-state index in [0.29, 0.717) is 4.75 Å². The first-order chi connectivity index (χ1) is 13.3. The van der Waals surface area contributed by atoms with Crippen molar-refractivity contribution < 1.29 is 0 Å². The van der Waals surface area contributed by atoms with Gasteiger partial charge in [-0.2, -0.15) is 0 Å². The molecule has 1 N–H and O–H groups in total. The summed E-state index contributed by atoms with van der Waals surface area (Å²) in [5.41, 5.74) is 0. The maximum absolute atomic E-state index is 4.52. The number of thioether (sulfide) groups is 1. The zero-order chi connectivity index (χ0) is 18.5. The van der Waals surface area contributed by atoms with Crippen molar-refractivity contribution in [2.75, 3.05) is 44.7 Å². The minimum absolute atomic E-state index is 0.316. The lowest BCUT2D eigenvalue weighted by Crippen LogP contribution is -2.53. The molecule has 1 saturated carbocycles. The van der Waals surface area contributed by atoms with Crippen molar-refractivity contribution in [3.63, 3.8) is 0 Å². The molecule has 7 heteroatoms. The number of guanidine groups is 1. The molecule has 0 radical (unpaired) electrons. The summed E-state index contributed by atoms with van der Waals surface area (Å²) in [6.07, 6.45) is 6.12. The van der Waals surface area contributed by atoms with E-state index >= 15 is 0 Å². The van der Waals surface area contributed by atoms with Gasteiger partial charge in [-0.25, -0.2) is 9.97 Å². The summed E-state index contributed by atoms with van der Waals surface area (Å²) < 4.78 is 0.316. The molecule has 0 bridgehead atoms. The molecule has 2 fully saturated rings. The highest BCUT2D eigenvalue weighted by molar-refractivity contribution is 8.01. The third kappa shape index (κ3) is 4.53. The highest BCUT2D eigenvalue weighted by Gasteiger charge is 2.44. The van der Waals surface area contributed by atoms with E-state index in [1.165, 1.54) is 17.7 Å². The van der Waals surface area contributed by atoms with Gasteiger partial charge in [-0.1, -0.05) is 18.2 Å². The van der Waals surface area contributed by atoms with Crippen LogP contribution in [0.2, 0.25) is 0 Å². The number of piperazine rings is 1. The molecule has 1 saturated heterocycles. The summed E-state index contributed by atoms with van der Waals surface area (Å²) in [5.74, 6) is 1.82. The van der Waals surface area contributed by atoms with Gasteiger partial charge >= 0.3 is 0 Å². The van der Waals surface area contributed by atoms with Crippen LogP contribution in [0, 0.1) is 0 Å². The normalized spacial score (nSPS) is 19.1. The first-order valence-corrected chi connectivity index (χ1v) is 10.3. The Kier molecular flexibility index (Phi) is 5.48. The lowest BCUT2D eigenvalue weighted by atomic mass is 10.3. The Morgan fingerprint density at radius 3 is 2.41 bits per heavy atom. The van der Waals surface area contributed by atoms with Gasteiger partial charge in [0.1, 0.15) is 0 Å². The van der Waals surface area contributed by atoms with Gasteiger partial charge in [0.2, 0.25) is 5.95 Å². The van der Waals surface area contributed by atoms with Gasteiger partial charge in [0.05, 0.1) is 0 Å². The van der Waals surface area contributed by atoms with Gasteiger partial charge in [0.25, 0.3) is 0 Å². The van der Waals surface area contributed by atoms with E-state index in [0.717, 1.165) is 44.6 Å². The van der Waals surface area contributed by atoms with E-state index in [-0.39, 0.29) is 0 Å². The third-order valence-electron chi connectivity index (χ3n) is 5.08. The van der Waals surface area contributed by atoms with Crippen LogP contribution in [0.3, 0.4) is 0 Å². The minimum atomic E-state index is 0.316. The number of aliphatic imine (C=N–C) groups is 1.